The van der Waals surface area contributed by atoms with Gasteiger partial charge in [0, 0.05) is 11.6 Å². The van der Waals surface area contributed by atoms with Crippen molar-refractivity contribution in [3.8, 4) is 5.75 Å². The summed E-state index contributed by atoms with van der Waals surface area (Å²) in [5.41, 5.74) is 8.87. The first kappa shape index (κ1) is 13.8. The van der Waals surface area contributed by atoms with Gasteiger partial charge in [-0.25, -0.2) is 5.48 Å². The first-order valence-electron chi connectivity index (χ1n) is 6.54. The molecule has 1 saturated carbocycles. The first-order valence-corrected chi connectivity index (χ1v) is 6.54. The third-order valence-electron chi connectivity index (χ3n) is 3.39. The number of benzene rings is 1. The SMILES string of the molecule is COc1ccc(C(=O)NOC2CCC(N)CC2)cc1. The molecule has 1 aromatic carbocycles. The third-order valence-corrected chi connectivity index (χ3v) is 3.39. The number of carbonyl (C=O) groups excluding carboxylic acids is 1. The van der Waals surface area contributed by atoms with Crippen LogP contribution in [0.2, 0.25) is 0 Å². The number of hydroxylamine groups is 1. The lowest BCUT2D eigenvalue weighted by Crippen LogP contribution is -2.35. The van der Waals surface area contributed by atoms with E-state index in [-0.39, 0.29) is 18.1 Å². The molecule has 1 fully saturated rings. The summed E-state index contributed by atoms with van der Waals surface area (Å²) in [4.78, 5) is 17.3. The highest BCUT2D eigenvalue weighted by atomic mass is 16.7. The van der Waals surface area contributed by atoms with Gasteiger partial charge in [-0.05, 0) is 49.9 Å². The molecule has 1 aromatic rings. The van der Waals surface area contributed by atoms with Gasteiger partial charge in [-0.1, -0.05) is 0 Å². The fraction of sp³-hybridized carbons (Fsp3) is 0.500. The Balaban J connectivity index is 1.80. The fourth-order valence-corrected chi connectivity index (χ4v) is 2.14. The summed E-state index contributed by atoms with van der Waals surface area (Å²) in [5.74, 6) is 0.483. The Morgan fingerprint density at radius 3 is 2.42 bits per heavy atom. The Hall–Kier alpha value is -1.59. The molecule has 1 aliphatic carbocycles. The van der Waals surface area contributed by atoms with Crippen LogP contribution in [0, 0.1) is 0 Å². The summed E-state index contributed by atoms with van der Waals surface area (Å²) in [5, 5.41) is 0. The zero-order valence-electron chi connectivity index (χ0n) is 11.1. The van der Waals surface area contributed by atoms with Crippen molar-refractivity contribution in [1.82, 2.24) is 5.48 Å². The highest BCUT2D eigenvalue weighted by molar-refractivity contribution is 5.93. The Labute approximate surface area is 113 Å². The number of nitrogens with one attached hydrogen (secondary N) is 1. The van der Waals surface area contributed by atoms with Crippen LogP contribution in [0.4, 0.5) is 0 Å². The van der Waals surface area contributed by atoms with Crippen molar-refractivity contribution < 1.29 is 14.4 Å². The Morgan fingerprint density at radius 1 is 1.21 bits per heavy atom. The first-order chi connectivity index (χ1) is 9.19. The molecule has 0 heterocycles. The van der Waals surface area contributed by atoms with Gasteiger partial charge in [0.1, 0.15) is 5.75 Å². The topological polar surface area (TPSA) is 73.6 Å². The van der Waals surface area contributed by atoms with Crippen molar-refractivity contribution in [2.45, 2.75) is 37.8 Å². The molecule has 0 unspecified atom stereocenters. The molecule has 104 valence electrons. The normalized spacial score (nSPS) is 22.8. The molecule has 0 radical (unpaired) electrons. The van der Waals surface area contributed by atoms with Crippen molar-refractivity contribution >= 4 is 5.91 Å². The van der Waals surface area contributed by atoms with E-state index in [0.717, 1.165) is 31.4 Å². The molecule has 1 amide bonds. The van der Waals surface area contributed by atoms with Crippen LogP contribution in [0.25, 0.3) is 0 Å². The van der Waals surface area contributed by atoms with E-state index < -0.39 is 0 Å². The van der Waals surface area contributed by atoms with Gasteiger partial charge in [-0.2, -0.15) is 0 Å². The van der Waals surface area contributed by atoms with Crippen LogP contribution in [0.3, 0.4) is 0 Å². The number of nitrogens with two attached hydrogens (primary N) is 1. The molecule has 19 heavy (non-hydrogen) atoms. The highest BCUT2D eigenvalue weighted by Crippen LogP contribution is 2.19. The van der Waals surface area contributed by atoms with Gasteiger partial charge in [0.25, 0.3) is 5.91 Å². The molecular formula is C14H20N2O3. The summed E-state index contributed by atoms with van der Waals surface area (Å²) in [6.45, 7) is 0. The van der Waals surface area contributed by atoms with E-state index in [2.05, 4.69) is 5.48 Å². The summed E-state index contributed by atoms with van der Waals surface area (Å²) in [7, 11) is 1.59. The van der Waals surface area contributed by atoms with Gasteiger partial charge in [-0.15, -0.1) is 0 Å². The zero-order chi connectivity index (χ0) is 13.7. The van der Waals surface area contributed by atoms with Gasteiger partial charge < -0.3 is 10.5 Å². The number of ether oxygens (including phenoxy) is 1. The maximum atomic E-state index is 11.8. The highest BCUT2D eigenvalue weighted by Gasteiger charge is 2.20. The molecule has 5 nitrogen and oxygen atoms in total. The predicted octanol–water partition coefficient (Wildman–Crippen LogP) is 1.63. The lowest BCUT2D eigenvalue weighted by molar-refractivity contribution is -0.0331. The molecule has 0 aliphatic heterocycles. The number of hydrogen-bond donors (Lipinski definition) is 2. The molecule has 1 aliphatic rings. The zero-order valence-corrected chi connectivity index (χ0v) is 11.1. The largest absolute Gasteiger partial charge is 0.497 e. The molecule has 0 atom stereocenters. The van der Waals surface area contributed by atoms with E-state index >= 15 is 0 Å². The second kappa shape index (κ2) is 6.54. The molecule has 0 saturated heterocycles. The van der Waals surface area contributed by atoms with E-state index in [9.17, 15) is 4.79 Å². The van der Waals surface area contributed by atoms with Crippen LogP contribution in [0.1, 0.15) is 36.0 Å². The summed E-state index contributed by atoms with van der Waals surface area (Å²) in [6.07, 6.45) is 3.75. The molecule has 3 N–H and O–H groups in total. The monoisotopic (exact) mass is 264 g/mol. The van der Waals surface area contributed by atoms with Crippen molar-refractivity contribution in [3.63, 3.8) is 0 Å². The fourth-order valence-electron chi connectivity index (χ4n) is 2.14. The lowest BCUT2D eigenvalue weighted by Gasteiger charge is -2.25. The summed E-state index contributed by atoms with van der Waals surface area (Å²) >= 11 is 0. The predicted molar refractivity (Wildman–Crippen MR) is 71.8 cm³/mol. The maximum absolute atomic E-state index is 11.8. The van der Waals surface area contributed by atoms with E-state index in [1.54, 1.807) is 31.4 Å². The van der Waals surface area contributed by atoms with Gasteiger partial charge in [0.15, 0.2) is 0 Å². The summed E-state index contributed by atoms with van der Waals surface area (Å²) < 4.78 is 5.04. The van der Waals surface area contributed by atoms with Crippen LogP contribution in [0.5, 0.6) is 5.75 Å². The molecule has 0 spiro atoms. The standard InChI is InChI=1S/C14H20N2O3/c1-18-12-6-2-10(3-7-12)14(17)16-19-13-8-4-11(15)5-9-13/h2-3,6-7,11,13H,4-5,8-9,15H2,1H3,(H,16,17). The lowest BCUT2D eigenvalue weighted by atomic mass is 9.94. The van der Waals surface area contributed by atoms with E-state index in [1.807, 2.05) is 0 Å². The molecule has 5 heteroatoms. The van der Waals surface area contributed by atoms with Crippen LogP contribution in [-0.4, -0.2) is 25.2 Å². The Morgan fingerprint density at radius 2 is 1.84 bits per heavy atom. The number of methoxy groups -OCH3 is 1. The maximum Gasteiger partial charge on any atom is 0.274 e. The second-order valence-electron chi connectivity index (χ2n) is 4.81. The average Bonchev–Trinajstić information content (AvgIpc) is 2.46. The van der Waals surface area contributed by atoms with E-state index in [1.165, 1.54) is 0 Å². The van der Waals surface area contributed by atoms with Gasteiger partial charge in [0.05, 0.1) is 13.2 Å². The molecule has 0 aromatic heterocycles. The Bertz CT molecular complexity index is 411. The minimum Gasteiger partial charge on any atom is -0.497 e. The number of hydrogen-bond acceptors (Lipinski definition) is 4. The van der Waals surface area contributed by atoms with Crippen LogP contribution < -0.4 is 16.0 Å². The quantitative estimate of drug-likeness (QED) is 0.811. The minimum absolute atomic E-state index is 0.0713. The van der Waals surface area contributed by atoms with Gasteiger partial charge >= 0.3 is 0 Å². The number of carbonyl (C=O) groups is 1. The number of amides is 1. The van der Waals surface area contributed by atoms with Crippen LogP contribution in [0.15, 0.2) is 24.3 Å². The van der Waals surface area contributed by atoms with E-state index in [4.69, 9.17) is 15.3 Å². The molecular weight excluding hydrogens is 244 g/mol. The van der Waals surface area contributed by atoms with Crippen LogP contribution >= 0.6 is 0 Å². The van der Waals surface area contributed by atoms with Crippen molar-refractivity contribution in [2.24, 2.45) is 5.73 Å². The van der Waals surface area contributed by atoms with Gasteiger partial charge in [0.2, 0.25) is 0 Å². The summed E-state index contributed by atoms with van der Waals surface area (Å²) in [6, 6.07) is 7.17. The number of rotatable bonds is 4. The van der Waals surface area contributed by atoms with Crippen molar-refractivity contribution in [3.05, 3.63) is 29.8 Å². The van der Waals surface area contributed by atoms with Crippen molar-refractivity contribution in [2.75, 3.05) is 7.11 Å². The Kier molecular flexibility index (Phi) is 4.76. The van der Waals surface area contributed by atoms with E-state index in [0.29, 0.717) is 5.56 Å². The van der Waals surface area contributed by atoms with Gasteiger partial charge in [-0.3, -0.25) is 9.63 Å². The smallest absolute Gasteiger partial charge is 0.274 e. The molecule has 0 bridgehead atoms. The van der Waals surface area contributed by atoms with Crippen molar-refractivity contribution in [1.29, 1.82) is 0 Å². The van der Waals surface area contributed by atoms with Crippen LogP contribution in [-0.2, 0) is 4.84 Å². The second-order valence-corrected chi connectivity index (χ2v) is 4.81. The minimum atomic E-state index is -0.238. The average molecular weight is 264 g/mol. The third kappa shape index (κ3) is 3.94. The molecule has 2 rings (SSSR count).